The van der Waals surface area contributed by atoms with Gasteiger partial charge in [-0.3, -0.25) is 4.79 Å². The second kappa shape index (κ2) is 8.13. The van der Waals surface area contributed by atoms with Crippen LogP contribution in [0.4, 0.5) is 4.39 Å². The van der Waals surface area contributed by atoms with Crippen molar-refractivity contribution in [3.05, 3.63) is 58.1 Å². The summed E-state index contributed by atoms with van der Waals surface area (Å²) in [5.74, 6) is -0.599. The van der Waals surface area contributed by atoms with E-state index in [-0.39, 0.29) is 28.4 Å². The zero-order valence-electron chi connectivity index (χ0n) is 12.4. The van der Waals surface area contributed by atoms with Gasteiger partial charge in [-0.05, 0) is 18.6 Å². The summed E-state index contributed by atoms with van der Waals surface area (Å²) in [6.07, 6.45) is 2.06. The van der Waals surface area contributed by atoms with Crippen LogP contribution in [0.25, 0.3) is 0 Å². The van der Waals surface area contributed by atoms with Crippen LogP contribution in [0.5, 0.6) is 5.75 Å². The molecule has 1 atom stereocenters. The van der Waals surface area contributed by atoms with E-state index in [1.165, 1.54) is 24.4 Å². The van der Waals surface area contributed by atoms with Gasteiger partial charge in [-0.15, -0.1) is 0 Å². The molecule has 122 valence electrons. The molecule has 0 saturated heterocycles. The normalized spacial score (nSPS) is 11.8. The molecule has 1 N–H and O–H groups in total. The van der Waals surface area contributed by atoms with E-state index in [1.807, 2.05) is 6.92 Å². The Balaban J connectivity index is 1.96. The number of halogens is 3. The van der Waals surface area contributed by atoms with Crippen LogP contribution < -0.4 is 10.1 Å². The summed E-state index contributed by atoms with van der Waals surface area (Å²) in [7, 11) is 0. The van der Waals surface area contributed by atoms with E-state index in [1.54, 1.807) is 12.1 Å². The molecule has 0 aliphatic heterocycles. The molecule has 0 aliphatic carbocycles. The molecule has 1 aromatic heterocycles. The first-order valence-corrected chi connectivity index (χ1v) is 7.76. The number of pyridine rings is 1. The van der Waals surface area contributed by atoms with Crippen molar-refractivity contribution >= 4 is 29.1 Å². The van der Waals surface area contributed by atoms with Crippen molar-refractivity contribution < 1.29 is 13.9 Å². The lowest BCUT2D eigenvalue weighted by molar-refractivity contribution is 0.0916. The first kappa shape index (κ1) is 17.5. The summed E-state index contributed by atoms with van der Waals surface area (Å²) in [5, 5.41) is 3.21. The predicted octanol–water partition coefficient (Wildman–Crippen LogP) is 4.11. The van der Waals surface area contributed by atoms with Crippen molar-refractivity contribution in [1.29, 1.82) is 0 Å². The van der Waals surface area contributed by atoms with Gasteiger partial charge in [0.15, 0.2) is 0 Å². The van der Waals surface area contributed by atoms with Crippen LogP contribution in [0.3, 0.4) is 0 Å². The van der Waals surface area contributed by atoms with E-state index < -0.39 is 11.7 Å². The third kappa shape index (κ3) is 4.81. The van der Waals surface area contributed by atoms with E-state index in [2.05, 4.69) is 10.3 Å². The Bertz CT molecular complexity index is 698. The maximum Gasteiger partial charge on any atom is 0.254 e. The number of amides is 1. The topological polar surface area (TPSA) is 51.2 Å². The molecule has 2 rings (SSSR count). The number of benzene rings is 1. The molecule has 0 saturated carbocycles. The van der Waals surface area contributed by atoms with Crippen molar-refractivity contribution in [2.24, 2.45) is 0 Å². The van der Waals surface area contributed by atoms with Gasteiger partial charge in [-0.2, -0.15) is 0 Å². The lowest BCUT2D eigenvalue weighted by atomic mass is 10.1. The Morgan fingerprint density at radius 1 is 1.39 bits per heavy atom. The quantitative estimate of drug-likeness (QED) is 0.792. The van der Waals surface area contributed by atoms with Crippen LogP contribution in [-0.2, 0) is 0 Å². The molecule has 1 aromatic carbocycles. The average Bonchev–Trinajstić information content (AvgIpc) is 2.54. The highest BCUT2D eigenvalue weighted by Crippen LogP contribution is 2.23. The van der Waals surface area contributed by atoms with Crippen molar-refractivity contribution in [3.8, 4) is 5.75 Å². The zero-order valence-corrected chi connectivity index (χ0v) is 13.9. The summed E-state index contributed by atoms with van der Waals surface area (Å²) >= 11 is 11.6. The SMILES string of the molecule is CCC(COc1cnc(Cl)c(Cl)c1)NC(=O)c1ccccc1F. The van der Waals surface area contributed by atoms with Gasteiger partial charge in [-0.25, -0.2) is 9.37 Å². The van der Waals surface area contributed by atoms with Gasteiger partial charge in [0.25, 0.3) is 5.91 Å². The molecular weight excluding hydrogens is 342 g/mol. The maximum atomic E-state index is 13.6. The number of ether oxygens (including phenoxy) is 1. The van der Waals surface area contributed by atoms with Gasteiger partial charge >= 0.3 is 0 Å². The number of carbonyl (C=O) groups excluding carboxylic acids is 1. The average molecular weight is 357 g/mol. The van der Waals surface area contributed by atoms with Crippen molar-refractivity contribution in [2.75, 3.05) is 6.61 Å². The van der Waals surface area contributed by atoms with Crippen LogP contribution in [0.15, 0.2) is 36.5 Å². The minimum Gasteiger partial charge on any atom is -0.490 e. The van der Waals surface area contributed by atoms with Crippen LogP contribution in [0, 0.1) is 5.82 Å². The molecule has 0 bridgehead atoms. The molecule has 1 amide bonds. The number of hydrogen-bond donors (Lipinski definition) is 1. The Kier molecular flexibility index (Phi) is 6.19. The Hall–Kier alpha value is -1.85. The van der Waals surface area contributed by atoms with Gasteiger partial charge in [-0.1, -0.05) is 42.3 Å². The van der Waals surface area contributed by atoms with E-state index in [4.69, 9.17) is 27.9 Å². The highest BCUT2D eigenvalue weighted by Gasteiger charge is 2.16. The van der Waals surface area contributed by atoms with Gasteiger partial charge in [0, 0.05) is 6.07 Å². The minimum absolute atomic E-state index is 0.00199. The molecule has 1 unspecified atom stereocenters. The minimum atomic E-state index is -0.561. The van der Waals surface area contributed by atoms with Gasteiger partial charge in [0.2, 0.25) is 0 Å². The van der Waals surface area contributed by atoms with Crippen molar-refractivity contribution in [2.45, 2.75) is 19.4 Å². The third-order valence-electron chi connectivity index (χ3n) is 3.17. The van der Waals surface area contributed by atoms with Crippen LogP contribution in [0.1, 0.15) is 23.7 Å². The highest BCUT2D eigenvalue weighted by molar-refractivity contribution is 6.41. The molecular formula is C16H15Cl2FN2O2. The Morgan fingerprint density at radius 3 is 2.78 bits per heavy atom. The van der Waals surface area contributed by atoms with Gasteiger partial charge in [0.05, 0.1) is 22.8 Å². The van der Waals surface area contributed by atoms with Crippen LogP contribution in [-0.4, -0.2) is 23.5 Å². The number of rotatable bonds is 6. The first-order chi connectivity index (χ1) is 11.0. The standard InChI is InChI=1S/C16H15Cl2FN2O2/c1-2-10(9-23-11-7-13(17)15(18)20-8-11)21-16(22)12-5-3-4-6-14(12)19/h3-8,10H,2,9H2,1H3,(H,21,22). The molecule has 7 heteroatoms. The summed E-state index contributed by atoms with van der Waals surface area (Å²) in [6.45, 7) is 2.10. The molecule has 23 heavy (non-hydrogen) atoms. The summed E-state index contributed by atoms with van der Waals surface area (Å²) in [5.41, 5.74) is 0.00199. The van der Waals surface area contributed by atoms with Gasteiger partial charge in [0.1, 0.15) is 23.3 Å². The molecule has 1 heterocycles. The number of aromatic nitrogens is 1. The molecule has 0 aliphatic rings. The van der Waals surface area contributed by atoms with E-state index in [0.29, 0.717) is 12.2 Å². The van der Waals surface area contributed by atoms with Crippen molar-refractivity contribution in [3.63, 3.8) is 0 Å². The van der Waals surface area contributed by atoms with E-state index >= 15 is 0 Å². The fraction of sp³-hybridized carbons (Fsp3) is 0.250. The monoisotopic (exact) mass is 356 g/mol. The Morgan fingerprint density at radius 2 is 2.13 bits per heavy atom. The lowest BCUT2D eigenvalue weighted by Gasteiger charge is -2.18. The summed E-state index contributed by atoms with van der Waals surface area (Å²) in [6, 6.07) is 7.08. The second-order valence-electron chi connectivity index (χ2n) is 4.81. The number of carbonyl (C=O) groups is 1. The molecule has 0 fully saturated rings. The second-order valence-corrected chi connectivity index (χ2v) is 5.58. The smallest absolute Gasteiger partial charge is 0.254 e. The zero-order chi connectivity index (χ0) is 16.8. The van der Waals surface area contributed by atoms with E-state index in [9.17, 15) is 9.18 Å². The van der Waals surface area contributed by atoms with Crippen LogP contribution in [0.2, 0.25) is 10.2 Å². The van der Waals surface area contributed by atoms with Crippen molar-refractivity contribution in [1.82, 2.24) is 10.3 Å². The largest absolute Gasteiger partial charge is 0.490 e. The molecule has 0 spiro atoms. The Labute approximate surface area is 143 Å². The number of nitrogens with zero attached hydrogens (tertiary/aromatic N) is 1. The maximum absolute atomic E-state index is 13.6. The molecule has 2 aromatic rings. The molecule has 0 radical (unpaired) electrons. The lowest BCUT2D eigenvalue weighted by Crippen LogP contribution is -2.39. The summed E-state index contributed by atoms with van der Waals surface area (Å²) < 4.78 is 19.1. The van der Waals surface area contributed by atoms with Crippen LogP contribution >= 0.6 is 23.2 Å². The fourth-order valence-corrected chi connectivity index (χ4v) is 2.11. The van der Waals surface area contributed by atoms with Gasteiger partial charge < -0.3 is 10.1 Å². The van der Waals surface area contributed by atoms with E-state index in [0.717, 1.165) is 0 Å². The summed E-state index contributed by atoms with van der Waals surface area (Å²) in [4.78, 5) is 16.0. The highest BCUT2D eigenvalue weighted by atomic mass is 35.5. The number of hydrogen-bond acceptors (Lipinski definition) is 3. The third-order valence-corrected chi connectivity index (χ3v) is 3.85. The fourth-order valence-electron chi connectivity index (χ4n) is 1.85. The first-order valence-electron chi connectivity index (χ1n) is 7.00. The molecule has 4 nitrogen and oxygen atoms in total. The predicted molar refractivity (Wildman–Crippen MR) is 87.7 cm³/mol. The number of nitrogens with one attached hydrogen (secondary N) is 1.